The van der Waals surface area contributed by atoms with E-state index in [0.29, 0.717) is 12.2 Å². The molecular formula is C19H28N4O2. The highest BCUT2D eigenvalue weighted by molar-refractivity contribution is 5.89. The second kappa shape index (κ2) is 9.22. The average molecular weight is 344 g/mol. The molecule has 0 radical (unpaired) electrons. The van der Waals surface area contributed by atoms with Gasteiger partial charge in [0.15, 0.2) is 0 Å². The molecule has 25 heavy (non-hydrogen) atoms. The Balaban J connectivity index is 2.16. The van der Waals surface area contributed by atoms with Crippen LogP contribution >= 0.6 is 0 Å². The molecular weight excluding hydrogens is 316 g/mol. The normalized spacial score (nSPS) is 12.2. The predicted molar refractivity (Wildman–Crippen MR) is 99.2 cm³/mol. The Labute approximate surface area is 149 Å². The number of nitrogens with one attached hydrogen (secondary N) is 1. The van der Waals surface area contributed by atoms with Gasteiger partial charge in [0.05, 0.1) is 24.5 Å². The van der Waals surface area contributed by atoms with Gasteiger partial charge in [-0.25, -0.2) is 4.79 Å². The van der Waals surface area contributed by atoms with Crippen molar-refractivity contribution in [3.8, 4) is 0 Å². The number of hydrogen-bond acceptors (Lipinski definition) is 3. The summed E-state index contributed by atoms with van der Waals surface area (Å²) in [4.78, 5) is 14.5. The van der Waals surface area contributed by atoms with E-state index in [1.54, 1.807) is 11.1 Å². The number of benzene rings is 1. The number of carbonyl (C=O) groups is 1. The SMILES string of the molecule is CCCn1cc(NC(=O)N(Cc2ccccc2)C(CO)C(C)C)cn1. The molecule has 0 aliphatic rings. The fourth-order valence-electron chi connectivity index (χ4n) is 2.76. The van der Waals surface area contributed by atoms with Crippen molar-refractivity contribution < 1.29 is 9.90 Å². The summed E-state index contributed by atoms with van der Waals surface area (Å²) in [5.41, 5.74) is 1.69. The highest BCUT2D eigenvalue weighted by Crippen LogP contribution is 2.17. The van der Waals surface area contributed by atoms with Crippen molar-refractivity contribution in [1.29, 1.82) is 0 Å². The van der Waals surface area contributed by atoms with E-state index in [2.05, 4.69) is 17.3 Å². The fraction of sp³-hybridized carbons (Fsp3) is 0.474. The van der Waals surface area contributed by atoms with Crippen LogP contribution in [0.15, 0.2) is 42.7 Å². The number of carbonyl (C=O) groups excluding carboxylic acids is 1. The van der Waals surface area contributed by atoms with Crippen LogP contribution in [0, 0.1) is 5.92 Å². The third-order valence-electron chi connectivity index (χ3n) is 4.15. The van der Waals surface area contributed by atoms with Gasteiger partial charge >= 0.3 is 6.03 Å². The Kier molecular flexibility index (Phi) is 7.01. The summed E-state index contributed by atoms with van der Waals surface area (Å²) in [6.45, 7) is 7.27. The first-order chi connectivity index (χ1) is 12.0. The van der Waals surface area contributed by atoms with Crippen LogP contribution in [-0.4, -0.2) is 38.5 Å². The molecule has 1 aromatic carbocycles. The fourth-order valence-corrected chi connectivity index (χ4v) is 2.76. The molecule has 0 saturated carbocycles. The molecule has 2 N–H and O–H groups in total. The predicted octanol–water partition coefficient (Wildman–Crippen LogP) is 3.34. The first-order valence-corrected chi connectivity index (χ1v) is 8.80. The van der Waals surface area contributed by atoms with Gasteiger partial charge in [-0.2, -0.15) is 5.10 Å². The van der Waals surface area contributed by atoms with Gasteiger partial charge in [0.25, 0.3) is 0 Å². The van der Waals surface area contributed by atoms with E-state index in [9.17, 15) is 9.90 Å². The van der Waals surface area contributed by atoms with E-state index < -0.39 is 0 Å². The first-order valence-electron chi connectivity index (χ1n) is 8.80. The van der Waals surface area contributed by atoms with E-state index in [-0.39, 0.29) is 24.6 Å². The Morgan fingerprint density at radius 2 is 2.04 bits per heavy atom. The summed E-state index contributed by atoms with van der Waals surface area (Å²) in [7, 11) is 0. The zero-order valence-corrected chi connectivity index (χ0v) is 15.2. The van der Waals surface area contributed by atoms with Crippen LogP contribution in [0.2, 0.25) is 0 Å². The van der Waals surface area contributed by atoms with E-state index in [1.807, 2.05) is 55.1 Å². The molecule has 1 unspecified atom stereocenters. The van der Waals surface area contributed by atoms with Crippen molar-refractivity contribution in [2.24, 2.45) is 5.92 Å². The van der Waals surface area contributed by atoms with Gasteiger partial charge in [-0.15, -0.1) is 0 Å². The van der Waals surface area contributed by atoms with Crippen LogP contribution in [0.3, 0.4) is 0 Å². The van der Waals surface area contributed by atoms with Gasteiger partial charge in [-0.3, -0.25) is 4.68 Å². The lowest BCUT2D eigenvalue weighted by atomic mass is 10.0. The summed E-state index contributed by atoms with van der Waals surface area (Å²) in [6, 6.07) is 9.32. The third-order valence-corrected chi connectivity index (χ3v) is 4.15. The van der Waals surface area contributed by atoms with Crippen molar-refractivity contribution in [2.45, 2.75) is 46.3 Å². The molecule has 1 heterocycles. The zero-order valence-electron chi connectivity index (χ0n) is 15.2. The van der Waals surface area contributed by atoms with Crippen LogP contribution in [0.1, 0.15) is 32.8 Å². The highest BCUT2D eigenvalue weighted by atomic mass is 16.3. The number of urea groups is 1. The number of anilines is 1. The van der Waals surface area contributed by atoms with Crippen molar-refractivity contribution in [1.82, 2.24) is 14.7 Å². The minimum Gasteiger partial charge on any atom is -0.394 e. The maximum atomic E-state index is 12.9. The Hall–Kier alpha value is -2.34. The van der Waals surface area contributed by atoms with Crippen LogP contribution < -0.4 is 5.32 Å². The zero-order chi connectivity index (χ0) is 18.2. The molecule has 6 nitrogen and oxygen atoms in total. The molecule has 1 aromatic heterocycles. The first kappa shape index (κ1) is 19.0. The van der Waals surface area contributed by atoms with Crippen molar-refractivity contribution >= 4 is 11.7 Å². The van der Waals surface area contributed by atoms with E-state index in [4.69, 9.17) is 0 Å². The van der Waals surface area contributed by atoms with Crippen LogP contribution in [0.4, 0.5) is 10.5 Å². The van der Waals surface area contributed by atoms with Crippen molar-refractivity contribution in [3.05, 3.63) is 48.3 Å². The van der Waals surface area contributed by atoms with Crippen LogP contribution in [-0.2, 0) is 13.1 Å². The second-order valence-corrected chi connectivity index (χ2v) is 6.53. The molecule has 0 aliphatic carbocycles. The average Bonchev–Trinajstić information content (AvgIpc) is 3.02. The Bertz CT molecular complexity index is 654. The molecule has 0 bridgehead atoms. The van der Waals surface area contributed by atoms with Gasteiger partial charge in [-0.05, 0) is 17.9 Å². The molecule has 0 aliphatic heterocycles. The lowest BCUT2D eigenvalue weighted by Gasteiger charge is -2.33. The Morgan fingerprint density at radius 3 is 2.64 bits per heavy atom. The van der Waals surface area contributed by atoms with Gasteiger partial charge in [0.1, 0.15) is 0 Å². The number of aliphatic hydroxyl groups excluding tert-OH is 1. The maximum absolute atomic E-state index is 12.9. The highest BCUT2D eigenvalue weighted by Gasteiger charge is 2.26. The monoisotopic (exact) mass is 344 g/mol. The molecule has 0 fully saturated rings. The number of aromatic nitrogens is 2. The van der Waals surface area contributed by atoms with Gasteiger partial charge in [-0.1, -0.05) is 51.1 Å². The molecule has 0 saturated heterocycles. The maximum Gasteiger partial charge on any atom is 0.322 e. The second-order valence-electron chi connectivity index (χ2n) is 6.53. The number of rotatable bonds is 8. The Morgan fingerprint density at radius 1 is 1.32 bits per heavy atom. The number of nitrogens with zero attached hydrogens (tertiary/aromatic N) is 3. The van der Waals surface area contributed by atoms with E-state index >= 15 is 0 Å². The van der Waals surface area contributed by atoms with Crippen LogP contribution in [0.25, 0.3) is 0 Å². The quantitative estimate of drug-likeness (QED) is 0.771. The lowest BCUT2D eigenvalue weighted by molar-refractivity contribution is 0.110. The summed E-state index contributed by atoms with van der Waals surface area (Å²) in [6.07, 6.45) is 4.46. The summed E-state index contributed by atoms with van der Waals surface area (Å²) < 4.78 is 1.81. The van der Waals surface area contributed by atoms with Crippen LogP contribution in [0.5, 0.6) is 0 Å². The summed E-state index contributed by atoms with van der Waals surface area (Å²) in [5.74, 6) is 0.141. The number of aliphatic hydroxyl groups is 1. The smallest absolute Gasteiger partial charge is 0.322 e. The molecule has 0 spiro atoms. The van der Waals surface area contributed by atoms with E-state index in [0.717, 1.165) is 18.5 Å². The van der Waals surface area contributed by atoms with Crippen molar-refractivity contribution in [3.63, 3.8) is 0 Å². The molecule has 2 rings (SSSR count). The summed E-state index contributed by atoms with van der Waals surface area (Å²) >= 11 is 0. The number of aryl methyl sites for hydroxylation is 1. The molecule has 136 valence electrons. The van der Waals surface area contributed by atoms with Gasteiger partial charge in [0.2, 0.25) is 0 Å². The lowest BCUT2D eigenvalue weighted by Crippen LogP contribution is -2.47. The minimum absolute atomic E-state index is 0.0764. The minimum atomic E-state index is -0.258. The standard InChI is InChI=1S/C19H28N4O2/c1-4-10-22-13-17(11-20-22)21-19(25)23(18(14-24)15(2)3)12-16-8-6-5-7-9-16/h5-9,11,13,15,18,24H,4,10,12,14H2,1-3H3,(H,21,25). The molecule has 1 atom stereocenters. The topological polar surface area (TPSA) is 70.4 Å². The number of hydrogen-bond donors (Lipinski definition) is 2. The van der Waals surface area contributed by atoms with Crippen molar-refractivity contribution in [2.75, 3.05) is 11.9 Å². The third kappa shape index (κ3) is 5.32. The molecule has 2 aromatic rings. The summed E-state index contributed by atoms with van der Waals surface area (Å²) in [5, 5.41) is 16.9. The molecule has 2 amide bonds. The molecule has 6 heteroatoms. The van der Waals surface area contributed by atoms with E-state index in [1.165, 1.54) is 0 Å². The number of amides is 2. The largest absolute Gasteiger partial charge is 0.394 e. The van der Waals surface area contributed by atoms with Gasteiger partial charge in [0, 0.05) is 19.3 Å². The van der Waals surface area contributed by atoms with Gasteiger partial charge < -0.3 is 15.3 Å².